The maximum Gasteiger partial charge on any atom is 0.279 e. The molecule has 1 N–H and O–H groups in total. The van der Waals surface area contributed by atoms with Crippen molar-refractivity contribution in [3.05, 3.63) is 26.5 Å². The zero-order chi connectivity index (χ0) is 17.2. The third-order valence-corrected chi connectivity index (χ3v) is 7.85. The van der Waals surface area contributed by atoms with Gasteiger partial charge in [-0.15, -0.1) is 11.3 Å². The standard InChI is InChI=1S/C18H21IN4OS/c1-23-8-13(19)15(22-23)16(24)21-17-20-14(9-25-17)18-5-10-2-11(6-18)4-12(3-10)7-18/h8-12H,2-7H2,1H3,(H,20,21,24). The van der Waals surface area contributed by atoms with E-state index < -0.39 is 0 Å². The number of thiazole rings is 1. The first-order valence-corrected chi connectivity index (χ1v) is 10.9. The summed E-state index contributed by atoms with van der Waals surface area (Å²) in [5.41, 5.74) is 1.98. The SMILES string of the molecule is Cn1cc(I)c(C(=O)Nc2nc(C34CC5CC(CC(C5)C3)C4)cs2)n1. The minimum absolute atomic E-state index is 0.170. The van der Waals surface area contributed by atoms with Gasteiger partial charge in [0.25, 0.3) is 5.91 Å². The number of aromatic nitrogens is 3. The summed E-state index contributed by atoms with van der Waals surface area (Å²) in [5, 5.41) is 10.1. The Balaban J connectivity index is 1.37. The molecule has 0 aromatic carbocycles. The van der Waals surface area contributed by atoms with E-state index in [0.29, 0.717) is 10.8 Å². The molecule has 1 amide bonds. The molecule has 5 nitrogen and oxygen atoms in total. The smallest absolute Gasteiger partial charge is 0.279 e. The quantitative estimate of drug-likeness (QED) is 0.687. The third-order valence-electron chi connectivity index (χ3n) is 6.31. The van der Waals surface area contributed by atoms with Crippen molar-refractivity contribution in [2.24, 2.45) is 24.8 Å². The van der Waals surface area contributed by atoms with Gasteiger partial charge < -0.3 is 0 Å². The number of nitrogens with zero attached hydrogens (tertiary/aromatic N) is 3. The predicted octanol–water partition coefficient (Wildman–Crippen LogP) is 4.20. The van der Waals surface area contributed by atoms with Crippen molar-refractivity contribution in [1.29, 1.82) is 0 Å². The molecule has 6 rings (SSSR count). The van der Waals surface area contributed by atoms with Gasteiger partial charge in [-0.05, 0) is 78.9 Å². The molecule has 4 aliphatic rings. The Morgan fingerprint density at radius 1 is 1.28 bits per heavy atom. The fourth-order valence-corrected chi connectivity index (χ4v) is 7.35. The lowest BCUT2D eigenvalue weighted by Crippen LogP contribution is -2.48. The number of halogens is 1. The monoisotopic (exact) mass is 468 g/mol. The van der Waals surface area contributed by atoms with E-state index in [4.69, 9.17) is 4.98 Å². The van der Waals surface area contributed by atoms with Crippen molar-refractivity contribution in [3.8, 4) is 0 Å². The normalized spacial score (nSPS) is 33.0. The molecule has 4 fully saturated rings. The third kappa shape index (κ3) is 2.74. The first-order valence-electron chi connectivity index (χ1n) is 8.97. The average molecular weight is 468 g/mol. The van der Waals surface area contributed by atoms with Crippen LogP contribution in [0.5, 0.6) is 0 Å². The topological polar surface area (TPSA) is 59.8 Å². The number of carbonyl (C=O) groups is 1. The molecular weight excluding hydrogens is 447 g/mol. The predicted molar refractivity (Wildman–Crippen MR) is 106 cm³/mol. The Labute approximate surface area is 164 Å². The second kappa shape index (κ2) is 5.77. The van der Waals surface area contributed by atoms with Crippen molar-refractivity contribution >= 4 is 45.0 Å². The van der Waals surface area contributed by atoms with E-state index in [9.17, 15) is 4.79 Å². The zero-order valence-electron chi connectivity index (χ0n) is 14.2. The van der Waals surface area contributed by atoms with Crippen LogP contribution < -0.4 is 5.32 Å². The molecule has 0 atom stereocenters. The second-order valence-corrected chi connectivity index (χ2v) is 10.2. The highest BCUT2D eigenvalue weighted by Crippen LogP contribution is 2.60. The molecule has 7 heteroatoms. The molecule has 2 heterocycles. The zero-order valence-corrected chi connectivity index (χ0v) is 17.1. The maximum atomic E-state index is 12.5. The minimum atomic E-state index is -0.170. The first kappa shape index (κ1) is 16.2. The largest absolute Gasteiger partial charge is 0.296 e. The number of aryl methyl sites for hydroxylation is 1. The van der Waals surface area contributed by atoms with Gasteiger partial charge in [-0.1, -0.05) is 0 Å². The molecule has 0 unspecified atom stereocenters. The Hall–Kier alpha value is -0.960. The van der Waals surface area contributed by atoms with E-state index >= 15 is 0 Å². The van der Waals surface area contributed by atoms with Gasteiger partial charge in [0.2, 0.25) is 0 Å². The van der Waals surface area contributed by atoms with Crippen LogP contribution in [0.15, 0.2) is 11.6 Å². The van der Waals surface area contributed by atoms with Crippen LogP contribution in [0.2, 0.25) is 0 Å². The Kier molecular flexibility index (Phi) is 3.75. The summed E-state index contributed by atoms with van der Waals surface area (Å²) in [4.78, 5) is 17.3. The molecule has 0 saturated heterocycles. The highest BCUT2D eigenvalue weighted by atomic mass is 127. The van der Waals surface area contributed by atoms with Crippen LogP contribution >= 0.6 is 33.9 Å². The van der Waals surface area contributed by atoms with Crippen LogP contribution in [-0.4, -0.2) is 20.7 Å². The molecule has 2 aromatic heterocycles. The fourth-order valence-electron chi connectivity index (χ4n) is 5.77. The van der Waals surface area contributed by atoms with Gasteiger partial charge in [0.05, 0.1) is 9.26 Å². The van der Waals surface area contributed by atoms with Gasteiger partial charge in [-0.3, -0.25) is 14.8 Å². The van der Waals surface area contributed by atoms with E-state index in [1.54, 1.807) is 16.0 Å². The lowest BCUT2D eigenvalue weighted by Gasteiger charge is -2.56. The van der Waals surface area contributed by atoms with Crippen molar-refractivity contribution in [2.45, 2.75) is 43.9 Å². The highest BCUT2D eigenvalue weighted by Gasteiger charge is 2.52. The lowest BCUT2D eigenvalue weighted by molar-refractivity contribution is -0.00688. The fraction of sp³-hybridized carbons (Fsp3) is 0.611. The minimum Gasteiger partial charge on any atom is -0.296 e. The van der Waals surface area contributed by atoms with Crippen molar-refractivity contribution < 1.29 is 4.79 Å². The summed E-state index contributed by atoms with van der Waals surface area (Å²) >= 11 is 3.70. The number of amides is 1. The molecule has 4 saturated carbocycles. The number of hydrogen-bond acceptors (Lipinski definition) is 4. The van der Waals surface area contributed by atoms with E-state index in [0.717, 1.165) is 21.3 Å². The summed E-state index contributed by atoms with van der Waals surface area (Å²) in [7, 11) is 1.83. The van der Waals surface area contributed by atoms with Crippen LogP contribution in [0.25, 0.3) is 0 Å². The summed E-state index contributed by atoms with van der Waals surface area (Å²) in [6, 6.07) is 0. The molecule has 2 aromatic rings. The molecule has 0 spiro atoms. The maximum absolute atomic E-state index is 12.5. The number of hydrogen-bond donors (Lipinski definition) is 1. The van der Waals surface area contributed by atoms with Gasteiger partial charge in [0.15, 0.2) is 10.8 Å². The van der Waals surface area contributed by atoms with Gasteiger partial charge in [0, 0.05) is 24.0 Å². The summed E-state index contributed by atoms with van der Waals surface area (Å²) in [5.74, 6) is 2.54. The van der Waals surface area contributed by atoms with Crippen LogP contribution in [-0.2, 0) is 12.5 Å². The summed E-state index contributed by atoms with van der Waals surface area (Å²) < 4.78 is 2.52. The van der Waals surface area contributed by atoms with Crippen molar-refractivity contribution in [3.63, 3.8) is 0 Å². The molecule has 0 radical (unpaired) electrons. The summed E-state index contributed by atoms with van der Waals surface area (Å²) in [6.07, 6.45) is 10.1. The van der Waals surface area contributed by atoms with Crippen LogP contribution in [0.1, 0.15) is 54.7 Å². The van der Waals surface area contributed by atoms with Crippen LogP contribution in [0.4, 0.5) is 5.13 Å². The number of rotatable bonds is 3. The van der Waals surface area contributed by atoms with Crippen LogP contribution in [0, 0.1) is 21.3 Å². The molecule has 0 aliphatic heterocycles. The molecular formula is C18H21IN4OS. The lowest BCUT2D eigenvalue weighted by atomic mass is 9.49. The van der Waals surface area contributed by atoms with E-state index in [2.05, 4.69) is 38.4 Å². The molecule has 25 heavy (non-hydrogen) atoms. The van der Waals surface area contributed by atoms with E-state index in [-0.39, 0.29) is 11.3 Å². The van der Waals surface area contributed by atoms with Gasteiger partial charge >= 0.3 is 0 Å². The van der Waals surface area contributed by atoms with Gasteiger partial charge in [-0.25, -0.2) is 4.98 Å². The molecule has 132 valence electrons. The number of carbonyl (C=O) groups excluding carboxylic acids is 1. The van der Waals surface area contributed by atoms with Crippen LogP contribution in [0.3, 0.4) is 0 Å². The summed E-state index contributed by atoms with van der Waals surface area (Å²) in [6.45, 7) is 0. The van der Waals surface area contributed by atoms with E-state index in [1.807, 2.05) is 13.2 Å². The number of anilines is 1. The van der Waals surface area contributed by atoms with Crippen molar-refractivity contribution in [2.75, 3.05) is 5.32 Å². The first-order chi connectivity index (χ1) is 12.0. The van der Waals surface area contributed by atoms with E-state index in [1.165, 1.54) is 44.2 Å². The van der Waals surface area contributed by atoms with Crippen molar-refractivity contribution in [1.82, 2.24) is 14.8 Å². The molecule has 4 aliphatic carbocycles. The average Bonchev–Trinajstić information content (AvgIpc) is 3.12. The number of nitrogens with one attached hydrogen (secondary N) is 1. The second-order valence-electron chi connectivity index (χ2n) is 8.19. The van der Waals surface area contributed by atoms with Gasteiger partial charge in [-0.2, -0.15) is 5.10 Å². The Morgan fingerprint density at radius 2 is 1.92 bits per heavy atom. The van der Waals surface area contributed by atoms with Gasteiger partial charge in [0.1, 0.15) is 0 Å². The molecule has 4 bridgehead atoms. The highest BCUT2D eigenvalue weighted by molar-refractivity contribution is 14.1. The Morgan fingerprint density at radius 3 is 2.48 bits per heavy atom. The Bertz CT molecular complexity index is 807.